The van der Waals surface area contributed by atoms with E-state index in [0.29, 0.717) is 0 Å². The van der Waals surface area contributed by atoms with E-state index in [0.717, 1.165) is 7.57 Å². The van der Waals surface area contributed by atoms with E-state index < -0.39 is 82.2 Å². The maximum atomic E-state index is 16.1. The van der Waals surface area contributed by atoms with Crippen molar-refractivity contribution in [3.63, 3.8) is 0 Å². The molecular weight excluding hydrogens is 676 g/mol. The molecule has 4 aromatic rings. The summed E-state index contributed by atoms with van der Waals surface area (Å²) in [6, 6.07) is 0. The largest absolute Gasteiger partial charge is 0.386 e. The first-order chi connectivity index (χ1) is 21.9. The van der Waals surface area contributed by atoms with Gasteiger partial charge in [-0.3, -0.25) is 32.5 Å². The summed E-state index contributed by atoms with van der Waals surface area (Å²) in [5, 5.41) is 0. The Morgan fingerprint density at radius 1 is 1.00 bits per heavy atom. The molecule has 0 spiro atoms. The minimum Gasteiger partial charge on any atom is -0.382 e. The normalized spacial score (nSPS) is 37.1. The number of rotatable bonds is 3. The monoisotopic (exact) mass is 702 g/mol. The molecule has 25 heteroatoms. The Balaban J connectivity index is 1.22. The second kappa shape index (κ2) is 11.6. The van der Waals surface area contributed by atoms with Gasteiger partial charge in [-0.1, -0.05) is 12.2 Å². The van der Waals surface area contributed by atoms with E-state index in [9.17, 15) is 13.9 Å². The fraction of sp³-hybridized carbons (Fsp3) is 0.524. The fourth-order valence-corrected chi connectivity index (χ4v) is 8.27. The number of aromatic nitrogens is 8. The molecule has 5 N–H and O–H groups in total. The van der Waals surface area contributed by atoms with Crippen molar-refractivity contribution in [2.75, 3.05) is 31.8 Å². The molecule has 7 heterocycles. The maximum Gasteiger partial charge on any atom is 0.386 e. The van der Waals surface area contributed by atoms with E-state index in [1.165, 1.54) is 35.2 Å². The summed E-state index contributed by atoms with van der Waals surface area (Å²) in [6.45, 7) is -5.33. The number of halogens is 1. The smallest absolute Gasteiger partial charge is 0.382 e. The second-order valence-corrected chi connectivity index (χ2v) is 15.5. The molecule has 10 atom stereocenters. The van der Waals surface area contributed by atoms with Crippen LogP contribution in [-0.4, -0.2) is 104 Å². The highest BCUT2D eigenvalue weighted by Gasteiger charge is 2.54. The molecule has 8 unspecified atom stereocenters. The zero-order valence-electron chi connectivity index (χ0n) is 23.9. The van der Waals surface area contributed by atoms with Gasteiger partial charge in [-0.15, -0.1) is 0 Å². The Morgan fingerprint density at radius 2 is 1.70 bits per heavy atom. The average molecular weight is 702 g/mol. The van der Waals surface area contributed by atoms with Crippen molar-refractivity contribution in [1.82, 2.24) is 39.0 Å². The van der Waals surface area contributed by atoms with Crippen molar-refractivity contribution >= 4 is 68.2 Å². The van der Waals surface area contributed by atoms with Gasteiger partial charge in [0.1, 0.15) is 42.4 Å². The summed E-state index contributed by atoms with van der Waals surface area (Å²) < 4.78 is 86.6. The summed E-state index contributed by atoms with van der Waals surface area (Å²) in [6.07, 6.45) is -7.00. The number of alkyl halides is 1. The van der Waals surface area contributed by atoms with Crippen LogP contribution in [-0.2, 0) is 41.4 Å². The molecule has 2 bridgehead atoms. The molecule has 3 aliphatic rings. The van der Waals surface area contributed by atoms with Gasteiger partial charge in [-0.2, -0.15) is 4.98 Å². The van der Waals surface area contributed by atoms with Crippen molar-refractivity contribution in [3.05, 3.63) is 29.3 Å². The molecule has 0 radical (unpaired) electrons. The summed E-state index contributed by atoms with van der Waals surface area (Å²) >= 11 is 4.15. The van der Waals surface area contributed by atoms with E-state index in [1.807, 2.05) is 0 Å². The van der Waals surface area contributed by atoms with E-state index >= 15 is 4.39 Å². The van der Waals surface area contributed by atoms with Crippen molar-refractivity contribution < 1.29 is 45.8 Å². The number of hydrogen-bond donors (Lipinski definition) is 4. The predicted molar refractivity (Wildman–Crippen MR) is 160 cm³/mol. The molecule has 4 aromatic heterocycles. The van der Waals surface area contributed by atoms with E-state index in [-0.39, 0.29) is 34.1 Å². The highest BCUT2D eigenvalue weighted by atomic mass is 32.7. The van der Waals surface area contributed by atoms with Crippen LogP contribution in [0.2, 0.25) is 0 Å². The van der Waals surface area contributed by atoms with Gasteiger partial charge in [0, 0.05) is 7.11 Å². The van der Waals surface area contributed by atoms with Crippen LogP contribution in [0, 0.1) is 0 Å². The van der Waals surface area contributed by atoms with Crippen molar-refractivity contribution in [1.29, 1.82) is 0 Å². The molecule has 0 aliphatic carbocycles. The summed E-state index contributed by atoms with van der Waals surface area (Å²) in [4.78, 5) is 35.1. The first-order valence-electron chi connectivity index (χ1n) is 13.5. The fourth-order valence-electron chi connectivity index (χ4n) is 5.64. The van der Waals surface area contributed by atoms with Gasteiger partial charge in [0.15, 0.2) is 41.3 Å². The van der Waals surface area contributed by atoms with E-state index in [1.54, 1.807) is 0 Å². The van der Waals surface area contributed by atoms with E-state index in [2.05, 4.69) is 42.2 Å². The van der Waals surface area contributed by atoms with Crippen LogP contribution in [0.25, 0.3) is 22.3 Å². The number of thiol groups is 1. The lowest BCUT2D eigenvalue weighted by molar-refractivity contribution is -0.0577. The Bertz CT molecular complexity index is 1970. The van der Waals surface area contributed by atoms with Gasteiger partial charge in [0.25, 0.3) is 20.6 Å². The predicted octanol–water partition coefficient (Wildman–Crippen LogP) is -0.132. The third kappa shape index (κ3) is 5.53. The number of imidazole rings is 2. The molecule has 246 valence electrons. The SMILES string of the molecule is B[P@]1(=O)OCC2OC(n3cnc4c(=O)[nH]c(N)nc43)C(O[P@](=O)(S)OCC3OC(n4cnc5c(N)ncnc54)C(F)C3O1)C2OC. The van der Waals surface area contributed by atoms with Crippen molar-refractivity contribution in [2.24, 2.45) is 0 Å². The lowest BCUT2D eigenvalue weighted by atomic mass is 10.1. The summed E-state index contributed by atoms with van der Waals surface area (Å²) in [5.74, 6) is -0.124. The molecule has 0 saturated carbocycles. The first kappa shape index (κ1) is 31.6. The Morgan fingerprint density at radius 3 is 2.46 bits per heavy atom. The minimum atomic E-state index is -4.33. The van der Waals surface area contributed by atoms with E-state index in [4.69, 9.17) is 43.8 Å². The highest BCUT2D eigenvalue weighted by molar-refractivity contribution is 8.44. The van der Waals surface area contributed by atoms with Gasteiger partial charge >= 0.3 is 6.80 Å². The van der Waals surface area contributed by atoms with Crippen LogP contribution in [0.3, 0.4) is 0 Å². The van der Waals surface area contributed by atoms with Gasteiger partial charge in [0.05, 0.1) is 25.9 Å². The number of nitrogens with zero attached hydrogens (tertiary/aromatic N) is 7. The second-order valence-electron chi connectivity index (χ2n) is 10.6. The number of H-pyrrole nitrogens is 1. The highest BCUT2D eigenvalue weighted by Crippen LogP contribution is 2.58. The minimum absolute atomic E-state index is 0.0260. The van der Waals surface area contributed by atoms with Crippen molar-refractivity contribution in [3.8, 4) is 0 Å². The number of nitrogens with two attached hydrogens (primary N) is 2. The Kier molecular flexibility index (Phi) is 7.99. The average Bonchev–Trinajstić information content (AvgIpc) is 3.75. The maximum absolute atomic E-state index is 16.1. The number of aromatic amines is 1. The standard InChI is InChI=1S/C21H26BFN10O10P2S/c1-37-13-8-2-38-44(22,35)42-12-7(40-19(9(12)23)32-5-28-10-15(24)26-4-27-16(10)32)3-39-45(36,46)43-14(13)20(41-8)33-6-29-11-17(33)30-21(25)31-18(11)34/h4-9,12-14,19-20H,2-3,22H2,1H3,(H,36,46)(H2,24,26,27)(H3,25,30,31,34)/t7?,8?,9?,12?,13?,14?,19?,20?,44-,45+/m0/s1. The molecule has 20 nitrogen and oxygen atoms in total. The van der Waals surface area contributed by atoms with Crippen LogP contribution in [0.15, 0.2) is 23.8 Å². The Labute approximate surface area is 263 Å². The van der Waals surface area contributed by atoms with Crippen LogP contribution in [0.1, 0.15) is 12.5 Å². The number of ether oxygens (including phenoxy) is 3. The Hall–Kier alpha value is -2.98. The van der Waals surface area contributed by atoms with Gasteiger partial charge in [-0.25, -0.2) is 28.9 Å². The number of nitrogen functional groups attached to an aromatic ring is 2. The number of nitrogens with one attached hydrogen (secondary N) is 1. The molecule has 3 aliphatic heterocycles. The quantitative estimate of drug-likeness (QED) is 0.123. The molecular formula is C21H26BFN10O10P2S. The number of methoxy groups -OCH3 is 1. The third-order valence-corrected chi connectivity index (χ3v) is 10.5. The topological polar surface area (TPSA) is 258 Å². The molecule has 46 heavy (non-hydrogen) atoms. The summed E-state index contributed by atoms with van der Waals surface area (Å²) in [7, 11) is -1.57. The van der Waals surface area contributed by atoms with Crippen LogP contribution in [0.4, 0.5) is 16.2 Å². The zero-order valence-corrected chi connectivity index (χ0v) is 26.5. The molecule has 3 saturated heterocycles. The third-order valence-electron chi connectivity index (χ3n) is 7.65. The lowest BCUT2D eigenvalue weighted by Gasteiger charge is -2.27. The number of hydrogen-bond acceptors (Lipinski definition) is 17. The van der Waals surface area contributed by atoms with Gasteiger partial charge < -0.3 is 34.7 Å². The van der Waals surface area contributed by atoms with Gasteiger partial charge in [0.2, 0.25) is 5.95 Å². The van der Waals surface area contributed by atoms with Crippen LogP contribution >= 0.6 is 26.5 Å². The zero-order chi connectivity index (χ0) is 32.5. The van der Waals surface area contributed by atoms with Gasteiger partial charge in [-0.05, 0) is 0 Å². The molecule has 3 fully saturated rings. The number of anilines is 2. The molecule has 0 aromatic carbocycles. The van der Waals surface area contributed by atoms with Crippen LogP contribution < -0.4 is 17.0 Å². The lowest BCUT2D eigenvalue weighted by Crippen LogP contribution is -2.37. The molecule has 0 amide bonds. The summed E-state index contributed by atoms with van der Waals surface area (Å²) in [5.41, 5.74) is 11.4. The first-order valence-corrected chi connectivity index (χ1v) is 18.2. The van der Waals surface area contributed by atoms with Crippen LogP contribution in [0.5, 0.6) is 0 Å². The number of fused-ring (bicyclic) bond motifs is 5. The molecule has 7 rings (SSSR count). The van der Waals surface area contributed by atoms with Crippen molar-refractivity contribution in [2.45, 2.75) is 49.1 Å².